The summed E-state index contributed by atoms with van der Waals surface area (Å²) >= 11 is 0. The fourth-order valence-electron chi connectivity index (χ4n) is 8.68. The number of amides is 1. The molecule has 3 fully saturated rings. The van der Waals surface area contributed by atoms with Gasteiger partial charge in [-0.1, -0.05) is 44.2 Å². The van der Waals surface area contributed by atoms with Crippen molar-refractivity contribution in [3.05, 3.63) is 47.0 Å². The van der Waals surface area contributed by atoms with E-state index in [-0.39, 0.29) is 24.2 Å². The van der Waals surface area contributed by atoms with Crippen molar-refractivity contribution >= 4 is 23.8 Å². The smallest absolute Gasteiger partial charge is 0.408 e. The monoisotopic (exact) mass is 703 g/mol. The highest BCUT2D eigenvalue weighted by atomic mass is 16.6. The van der Waals surface area contributed by atoms with Crippen LogP contribution in [0.25, 0.3) is 0 Å². The van der Waals surface area contributed by atoms with Crippen LogP contribution in [0.2, 0.25) is 0 Å². The van der Waals surface area contributed by atoms with Crippen molar-refractivity contribution in [2.24, 2.45) is 16.7 Å². The number of fused-ring (bicyclic) bond motifs is 5. The lowest BCUT2D eigenvalue weighted by Crippen LogP contribution is -2.81. The Kier molecular flexibility index (Phi) is 9.59. The molecule has 2 bridgehead atoms. The largest absolute Gasteiger partial charge is 0.456 e. The molecule has 14 nitrogen and oxygen atoms in total. The summed E-state index contributed by atoms with van der Waals surface area (Å²) < 4.78 is 22.6. The van der Waals surface area contributed by atoms with Gasteiger partial charge in [-0.05, 0) is 51.3 Å². The number of hydrogen-bond donors (Lipinski definition) is 6. The van der Waals surface area contributed by atoms with E-state index in [4.69, 9.17) is 18.9 Å². The van der Waals surface area contributed by atoms with Crippen LogP contribution < -0.4 is 5.32 Å². The van der Waals surface area contributed by atoms with Crippen molar-refractivity contribution in [2.75, 3.05) is 6.61 Å². The van der Waals surface area contributed by atoms with Crippen LogP contribution in [0.1, 0.15) is 79.8 Å². The predicted molar refractivity (Wildman–Crippen MR) is 174 cm³/mol. The summed E-state index contributed by atoms with van der Waals surface area (Å²) in [5.41, 5.74) is -7.74. The highest BCUT2D eigenvalue weighted by molar-refractivity contribution is 5.93. The third-order valence-electron chi connectivity index (χ3n) is 11.4. The SMILES string of the molecule is CC(=O)O[C@@]12CO[C@@H]1C[C@H](O)[C@@]1(C)C(=O)[C@H](O)C3=C(C)[C@@H](OC(=O)[C@H](O)[C@@H](NC(=O)OC(C)(C)C)c4ccccc4)C[C@@](O)([C@@H](O)[C@H]21)C3(C)C. The Morgan fingerprint density at radius 3 is 2.22 bits per heavy atom. The molecule has 1 aromatic rings. The Morgan fingerprint density at radius 2 is 1.68 bits per heavy atom. The zero-order valence-electron chi connectivity index (χ0n) is 29.6. The molecule has 14 heteroatoms. The molecule has 276 valence electrons. The van der Waals surface area contributed by atoms with Gasteiger partial charge in [0.25, 0.3) is 0 Å². The molecule has 3 aliphatic carbocycles. The van der Waals surface area contributed by atoms with Crippen LogP contribution in [-0.2, 0) is 33.3 Å². The number of ketones is 1. The third-order valence-corrected chi connectivity index (χ3v) is 11.4. The molecule has 1 amide bonds. The van der Waals surface area contributed by atoms with E-state index in [0.29, 0.717) is 5.56 Å². The highest BCUT2D eigenvalue weighted by Gasteiger charge is 2.76. The number of esters is 2. The van der Waals surface area contributed by atoms with Gasteiger partial charge in [0, 0.05) is 31.1 Å². The van der Waals surface area contributed by atoms with Crippen molar-refractivity contribution in [2.45, 2.75) is 128 Å². The molecule has 1 aromatic carbocycles. The van der Waals surface area contributed by atoms with Crippen molar-refractivity contribution < 1.29 is 63.7 Å². The minimum atomic E-state index is -2.27. The van der Waals surface area contributed by atoms with Crippen molar-refractivity contribution in [1.29, 1.82) is 0 Å². The summed E-state index contributed by atoms with van der Waals surface area (Å²) in [6.45, 7) is 11.8. The average Bonchev–Trinajstić information content (AvgIpc) is 3.01. The first kappa shape index (κ1) is 37.8. The molecular weight excluding hydrogens is 654 g/mol. The molecule has 6 N–H and O–H groups in total. The lowest BCUT2D eigenvalue weighted by Gasteiger charge is -2.67. The van der Waals surface area contributed by atoms with E-state index in [1.165, 1.54) is 27.7 Å². The maximum absolute atomic E-state index is 14.4. The van der Waals surface area contributed by atoms with E-state index in [2.05, 4.69) is 5.32 Å². The number of nitrogens with one attached hydrogen (secondary N) is 1. The molecule has 0 unspecified atom stereocenters. The lowest BCUT2D eigenvalue weighted by molar-refractivity contribution is -0.346. The molecule has 4 aliphatic rings. The zero-order valence-corrected chi connectivity index (χ0v) is 29.6. The normalized spacial score (nSPS) is 37.4. The molecule has 11 atom stereocenters. The van der Waals surface area contributed by atoms with E-state index in [1.807, 2.05) is 0 Å². The number of benzene rings is 1. The zero-order chi connectivity index (χ0) is 37.4. The Morgan fingerprint density at radius 1 is 1.06 bits per heavy atom. The van der Waals surface area contributed by atoms with E-state index < -0.39 is 106 Å². The number of aliphatic hydroxyl groups is 5. The van der Waals surface area contributed by atoms with Crippen LogP contribution in [0.15, 0.2) is 41.5 Å². The molecule has 1 saturated heterocycles. The molecule has 0 radical (unpaired) electrons. The number of hydrogen-bond acceptors (Lipinski definition) is 13. The van der Waals surface area contributed by atoms with Gasteiger partial charge < -0.3 is 49.8 Å². The van der Waals surface area contributed by atoms with Gasteiger partial charge >= 0.3 is 18.0 Å². The Hall–Kier alpha value is -3.40. The molecule has 0 spiro atoms. The van der Waals surface area contributed by atoms with E-state index in [1.54, 1.807) is 51.1 Å². The third kappa shape index (κ3) is 5.83. The van der Waals surface area contributed by atoms with E-state index in [9.17, 15) is 44.7 Å². The molecule has 1 aliphatic heterocycles. The van der Waals surface area contributed by atoms with Gasteiger partial charge in [0.1, 0.15) is 29.5 Å². The molecule has 5 rings (SSSR count). The van der Waals surface area contributed by atoms with Crippen LogP contribution in [0.5, 0.6) is 0 Å². The fourth-order valence-corrected chi connectivity index (χ4v) is 8.68. The second-order valence-corrected chi connectivity index (χ2v) is 15.8. The van der Waals surface area contributed by atoms with Crippen LogP contribution in [-0.4, -0.2) is 109 Å². The summed E-state index contributed by atoms with van der Waals surface area (Å²) in [4.78, 5) is 53.3. The first-order valence-electron chi connectivity index (χ1n) is 16.8. The Labute approximate surface area is 290 Å². The summed E-state index contributed by atoms with van der Waals surface area (Å²) in [5.74, 6) is -4.29. The minimum absolute atomic E-state index is 0.0329. The van der Waals surface area contributed by atoms with Crippen LogP contribution in [0, 0.1) is 16.7 Å². The Balaban J connectivity index is 1.56. The van der Waals surface area contributed by atoms with Gasteiger partial charge in [-0.15, -0.1) is 0 Å². The number of alkyl carbamates (subject to hydrolysis) is 1. The quantitative estimate of drug-likeness (QED) is 0.140. The summed E-state index contributed by atoms with van der Waals surface area (Å²) in [6.07, 6.45) is -11.1. The van der Waals surface area contributed by atoms with Crippen molar-refractivity contribution in [1.82, 2.24) is 5.32 Å². The van der Waals surface area contributed by atoms with Gasteiger partial charge in [0.2, 0.25) is 0 Å². The summed E-state index contributed by atoms with van der Waals surface area (Å²) in [5, 5.41) is 62.2. The highest BCUT2D eigenvalue weighted by Crippen LogP contribution is 2.63. The van der Waals surface area contributed by atoms with Crippen molar-refractivity contribution in [3.8, 4) is 0 Å². The number of carbonyl (C=O) groups is 4. The standard InChI is InChI=1S/C36H49NO13/c1-17-20(48-30(44)26(41)24(19-12-10-9-11-13-19)37-31(45)50-32(3,4)5)15-36(46)29(43)27-34(8,28(42)25(40)23(17)33(36,6)7)21(39)14-22-35(27,16-47-22)49-18(2)38/h9-13,20-22,24-27,29,39-41,43,46H,14-16H2,1-8H3,(H,37,45)/t20-,21-,22+,24-,25+,26+,27-,29-,34+,35-,36+/m0/s1. The molecule has 2 saturated carbocycles. The predicted octanol–water partition coefficient (Wildman–Crippen LogP) is 1.39. The first-order chi connectivity index (χ1) is 23.0. The average molecular weight is 704 g/mol. The van der Waals surface area contributed by atoms with Crippen LogP contribution in [0.4, 0.5) is 4.79 Å². The first-order valence-corrected chi connectivity index (χ1v) is 16.8. The summed E-state index contributed by atoms with van der Waals surface area (Å²) in [7, 11) is 0. The van der Waals surface area contributed by atoms with Gasteiger partial charge in [-0.25, -0.2) is 9.59 Å². The lowest BCUT2D eigenvalue weighted by atomic mass is 9.44. The number of rotatable bonds is 6. The Bertz CT molecular complexity index is 1570. The van der Waals surface area contributed by atoms with Crippen molar-refractivity contribution in [3.63, 3.8) is 0 Å². The number of aliphatic hydroxyl groups excluding tert-OH is 4. The second-order valence-electron chi connectivity index (χ2n) is 15.8. The second kappa shape index (κ2) is 12.7. The van der Waals surface area contributed by atoms with Gasteiger partial charge in [0.05, 0.1) is 30.3 Å². The molecule has 50 heavy (non-hydrogen) atoms. The van der Waals surface area contributed by atoms with E-state index in [0.717, 1.165) is 6.92 Å². The molecule has 1 heterocycles. The van der Waals surface area contributed by atoms with E-state index >= 15 is 0 Å². The molecule has 0 aromatic heterocycles. The maximum Gasteiger partial charge on any atom is 0.408 e. The van der Waals surface area contributed by atoms with Gasteiger partial charge in [0.15, 0.2) is 17.5 Å². The van der Waals surface area contributed by atoms with Gasteiger partial charge in [-0.2, -0.15) is 0 Å². The fraction of sp³-hybridized carbons (Fsp3) is 0.667. The number of Topliss-reactive ketones (excluding diaryl/α,β-unsaturated/α-hetero) is 1. The minimum Gasteiger partial charge on any atom is -0.456 e. The molecular formula is C36H49NO13. The topological polar surface area (TPSA) is 218 Å². The number of ether oxygens (including phenoxy) is 4. The van der Waals surface area contributed by atoms with Crippen LogP contribution in [0.3, 0.4) is 0 Å². The summed E-state index contributed by atoms with van der Waals surface area (Å²) in [6, 6.07) is 6.84. The van der Waals surface area contributed by atoms with Gasteiger partial charge in [-0.3, -0.25) is 9.59 Å². The van der Waals surface area contributed by atoms with Crippen LogP contribution >= 0.6 is 0 Å². The number of carbonyl (C=O) groups excluding carboxylic acids is 4. The maximum atomic E-state index is 14.4.